The quantitative estimate of drug-likeness (QED) is 0.546. The van der Waals surface area contributed by atoms with E-state index >= 15 is 0 Å². The molecule has 0 aliphatic carbocycles. The van der Waals surface area contributed by atoms with Gasteiger partial charge in [0.2, 0.25) is 6.41 Å². The van der Waals surface area contributed by atoms with Crippen molar-refractivity contribution in [3.63, 3.8) is 0 Å². The highest BCUT2D eigenvalue weighted by Crippen LogP contribution is 2.12. The summed E-state index contributed by atoms with van der Waals surface area (Å²) in [4.78, 5) is 10.1. The van der Waals surface area contributed by atoms with Crippen LogP contribution in [0.15, 0.2) is 0 Å². The predicted octanol–water partition coefficient (Wildman–Crippen LogP) is 0.283. The van der Waals surface area contributed by atoms with Crippen LogP contribution in [-0.2, 0) is 4.79 Å². The molecule has 0 rings (SSSR count). The lowest BCUT2D eigenvalue weighted by molar-refractivity contribution is -0.111. The van der Waals surface area contributed by atoms with Gasteiger partial charge in [-0.15, -0.1) is 0 Å². The topological polar surface area (TPSA) is 49.3 Å². The highest BCUT2D eigenvalue weighted by Gasteiger charge is 2.23. The van der Waals surface area contributed by atoms with Gasteiger partial charge in [-0.1, -0.05) is 13.8 Å². The molecule has 0 aromatic carbocycles. The maximum atomic E-state index is 10.1. The average Bonchev–Trinajstić information content (AvgIpc) is 2.01. The Kier molecular flexibility index (Phi) is 4.03. The van der Waals surface area contributed by atoms with E-state index < -0.39 is 0 Å². The first kappa shape index (κ1) is 9.43. The predicted molar refractivity (Wildman–Crippen MR) is 39.6 cm³/mol. The molecule has 0 radical (unpaired) electrons. The van der Waals surface area contributed by atoms with Crippen LogP contribution in [0.5, 0.6) is 0 Å². The number of amides is 1. The summed E-state index contributed by atoms with van der Waals surface area (Å²) in [5.74, 6) is 0. The number of aliphatic hydroxyl groups is 1. The number of nitrogens with one attached hydrogen (secondary N) is 1. The molecule has 0 heterocycles. The highest BCUT2D eigenvalue weighted by molar-refractivity contribution is 5.47. The van der Waals surface area contributed by atoms with E-state index in [-0.39, 0.29) is 12.1 Å². The zero-order valence-electron chi connectivity index (χ0n) is 6.55. The maximum absolute atomic E-state index is 10.1. The number of carbonyl (C=O) groups excluding carboxylic acids is 1. The summed E-state index contributed by atoms with van der Waals surface area (Å²) in [5.41, 5.74) is -0.387. The van der Waals surface area contributed by atoms with Crippen LogP contribution in [0, 0.1) is 0 Å². The fourth-order valence-electron chi connectivity index (χ4n) is 0.848. The van der Waals surface area contributed by atoms with Crippen LogP contribution in [0.2, 0.25) is 0 Å². The summed E-state index contributed by atoms with van der Waals surface area (Å²) < 4.78 is 0. The second-order valence-electron chi connectivity index (χ2n) is 2.41. The van der Waals surface area contributed by atoms with E-state index in [4.69, 9.17) is 5.11 Å². The first-order chi connectivity index (χ1) is 4.74. The van der Waals surface area contributed by atoms with Gasteiger partial charge in [-0.25, -0.2) is 0 Å². The molecule has 0 aromatic rings. The molecule has 0 atom stereocenters. The Bertz CT molecular complexity index is 91.5. The van der Waals surface area contributed by atoms with Crippen molar-refractivity contribution in [2.45, 2.75) is 32.2 Å². The van der Waals surface area contributed by atoms with Gasteiger partial charge in [0.1, 0.15) is 0 Å². The Hall–Kier alpha value is -0.570. The molecule has 2 N–H and O–H groups in total. The monoisotopic (exact) mass is 145 g/mol. The summed E-state index contributed by atoms with van der Waals surface area (Å²) in [6.07, 6.45) is 2.17. The van der Waals surface area contributed by atoms with Crippen LogP contribution in [0.4, 0.5) is 0 Å². The molecular formula is C7H15NO2. The van der Waals surface area contributed by atoms with E-state index in [0.717, 1.165) is 12.8 Å². The van der Waals surface area contributed by atoms with E-state index in [1.165, 1.54) is 0 Å². The molecule has 0 spiro atoms. The lowest BCUT2D eigenvalue weighted by Crippen LogP contribution is -2.46. The van der Waals surface area contributed by atoms with Gasteiger partial charge in [0, 0.05) is 0 Å². The summed E-state index contributed by atoms with van der Waals surface area (Å²) in [5, 5.41) is 11.5. The van der Waals surface area contributed by atoms with Gasteiger partial charge in [-0.2, -0.15) is 0 Å². The molecule has 3 heteroatoms. The first-order valence-corrected chi connectivity index (χ1v) is 3.57. The molecule has 0 unspecified atom stereocenters. The van der Waals surface area contributed by atoms with Crippen molar-refractivity contribution in [2.24, 2.45) is 0 Å². The Morgan fingerprint density at radius 3 is 2.10 bits per heavy atom. The molecule has 0 aliphatic rings. The van der Waals surface area contributed by atoms with Crippen LogP contribution in [0.3, 0.4) is 0 Å². The fourth-order valence-corrected chi connectivity index (χ4v) is 0.848. The SMILES string of the molecule is CCC(CC)(CO)NC=O. The number of rotatable bonds is 5. The lowest BCUT2D eigenvalue weighted by atomic mass is 9.94. The van der Waals surface area contributed by atoms with Crippen LogP contribution in [-0.4, -0.2) is 23.7 Å². The molecule has 0 saturated carbocycles. The summed E-state index contributed by atoms with van der Waals surface area (Å²) in [6, 6.07) is 0. The third-order valence-corrected chi connectivity index (χ3v) is 2.02. The molecule has 0 fully saturated rings. The molecule has 0 bridgehead atoms. The van der Waals surface area contributed by atoms with Gasteiger partial charge >= 0.3 is 0 Å². The third kappa shape index (κ3) is 1.99. The van der Waals surface area contributed by atoms with E-state index in [9.17, 15) is 4.79 Å². The fraction of sp³-hybridized carbons (Fsp3) is 0.857. The molecule has 60 valence electrons. The van der Waals surface area contributed by atoms with Crippen LogP contribution in [0.1, 0.15) is 26.7 Å². The number of hydrogen-bond donors (Lipinski definition) is 2. The standard InChI is InChI=1S/C7H15NO2/c1-3-7(4-2,5-9)8-6-10/h6,9H,3-5H2,1-2H3,(H,8,10). The number of aliphatic hydroxyl groups excluding tert-OH is 1. The van der Waals surface area contributed by atoms with Gasteiger partial charge in [0.05, 0.1) is 12.1 Å². The van der Waals surface area contributed by atoms with Crippen molar-refractivity contribution >= 4 is 6.41 Å². The normalized spacial score (nSPS) is 11.1. The minimum atomic E-state index is -0.387. The smallest absolute Gasteiger partial charge is 0.207 e. The molecule has 10 heavy (non-hydrogen) atoms. The molecular weight excluding hydrogens is 130 g/mol. The summed E-state index contributed by atoms with van der Waals surface area (Å²) in [7, 11) is 0. The van der Waals surface area contributed by atoms with Crippen LogP contribution >= 0.6 is 0 Å². The molecule has 3 nitrogen and oxygen atoms in total. The highest BCUT2D eigenvalue weighted by atomic mass is 16.3. The zero-order valence-corrected chi connectivity index (χ0v) is 6.55. The molecule has 0 aliphatic heterocycles. The zero-order chi connectivity index (χ0) is 8.04. The van der Waals surface area contributed by atoms with Crippen molar-refractivity contribution < 1.29 is 9.90 Å². The van der Waals surface area contributed by atoms with Crippen molar-refractivity contribution in [1.29, 1.82) is 0 Å². The Morgan fingerprint density at radius 2 is 2.00 bits per heavy atom. The molecule has 0 saturated heterocycles. The van der Waals surface area contributed by atoms with Crippen LogP contribution in [0.25, 0.3) is 0 Å². The second-order valence-corrected chi connectivity index (χ2v) is 2.41. The van der Waals surface area contributed by atoms with Gasteiger partial charge < -0.3 is 10.4 Å². The Morgan fingerprint density at radius 1 is 1.50 bits per heavy atom. The van der Waals surface area contributed by atoms with E-state index in [2.05, 4.69) is 5.32 Å². The summed E-state index contributed by atoms with van der Waals surface area (Å²) in [6.45, 7) is 3.89. The minimum absolute atomic E-state index is 0.0126. The first-order valence-electron chi connectivity index (χ1n) is 3.57. The average molecular weight is 145 g/mol. The van der Waals surface area contributed by atoms with Crippen molar-refractivity contribution in [3.05, 3.63) is 0 Å². The van der Waals surface area contributed by atoms with Crippen LogP contribution < -0.4 is 5.32 Å². The van der Waals surface area contributed by atoms with Gasteiger partial charge in [-0.05, 0) is 12.8 Å². The van der Waals surface area contributed by atoms with Gasteiger partial charge in [-0.3, -0.25) is 4.79 Å². The second kappa shape index (κ2) is 4.28. The van der Waals surface area contributed by atoms with Crippen molar-refractivity contribution in [1.82, 2.24) is 5.32 Å². The van der Waals surface area contributed by atoms with Gasteiger partial charge in [0.15, 0.2) is 0 Å². The maximum Gasteiger partial charge on any atom is 0.207 e. The molecule has 1 amide bonds. The van der Waals surface area contributed by atoms with Crippen molar-refractivity contribution in [3.8, 4) is 0 Å². The van der Waals surface area contributed by atoms with Crippen molar-refractivity contribution in [2.75, 3.05) is 6.61 Å². The van der Waals surface area contributed by atoms with E-state index in [0.29, 0.717) is 6.41 Å². The number of hydrogen-bond acceptors (Lipinski definition) is 2. The molecule has 0 aromatic heterocycles. The summed E-state index contributed by atoms with van der Waals surface area (Å²) >= 11 is 0. The largest absolute Gasteiger partial charge is 0.394 e. The third-order valence-electron chi connectivity index (χ3n) is 2.02. The van der Waals surface area contributed by atoms with Gasteiger partial charge in [0.25, 0.3) is 0 Å². The van der Waals surface area contributed by atoms with E-state index in [1.807, 2.05) is 13.8 Å². The number of carbonyl (C=O) groups is 1. The van der Waals surface area contributed by atoms with E-state index in [1.54, 1.807) is 0 Å². The minimum Gasteiger partial charge on any atom is -0.394 e. The Balaban J connectivity index is 4.00. The lowest BCUT2D eigenvalue weighted by Gasteiger charge is -2.28. The Labute approximate surface area is 61.4 Å².